The Morgan fingerprint density at radius 1 is 1.46 bits per heavy atom. The first-order valence-corrected chi connectivity index (χ1v) is 8.98. The van der Waals surface area contributed by atoms with Gasteiger partial charge in [0.15, 0.2) is 0 Å². The summed E-state index contributed by atoms with van der Waals surface area (Å²) < 4.78 is 42.9. The molecule has 0 bridgehead atoms. The van der Waals surface area contributed by atoms with E-state index in [0.717, 1.165) is 32.0 Å². The van der Waals surface area contributed by atoms with Gasteiger partial charge < -0.3 is 15.4 Å². The summed E-state index contributed by atoms with van der Waals surface area (Å²) in [5.74, 6) is 0.709. The van der Waals surface area contributed by atoms with Crippen molar-refractivity contribution < 1.29 is 22.7 Å². The molecule has 1 saturated heterocycles. The van der Waals surface area contributed by atoms with Gasteiger partial charge in [-0.2, -0.15) is 13.2 Å². The molecule has 0 aromatic carbocycles. The van der Waals surface area contributed by atoms with Crippen molar-refractivity contribution in [3.63, 3.8) is 0 Å². The predicted molar refractivity (Wildman–Crippen MR) is 92.1 cm³/mol. The molecule has 1 aliphatic heterocycles. The van der Waals surface area contributed by atoms with Crippen molar-refractivity contribution in [2.75, 3.05) is 26.2 Å². The van der Waals surface area contributed by atoms with Gasteiger partial charge in [0.25, 0.3) is 0 Å². The molecule has 2 rings (SSSR count). The van der Waals surface area contributed by atoms with Crippen LogP contribution in [0.2, 0.25) is 5.02 Å². The van der Waals surface area contributed by atoms with Crippen molar-refractivity contribution >= 4 is 17.5 Å². The van der Waals surface area contributed by atoms with Crippen molar-refractivity contribution in [2.24, 2.45) is 11.8 Å². The van der Waals surface area contributed by atoms with Crippen LogP contribution in [0.5, 0.6) is 5.88 Å². The summed E-state index contributed by atoms with van der Waals surface area (Å²) in [6.45, 7) is 4.37. The molecule has 1 atom stereocenters. The van der Waals surface area contributed by atoms with E-state index in [4.69, 9.17) is 16.3 Å². The number of pyridine rings is 1. The second kappa shape index (κ2) is 9.41. The van der Waals surface area contributed by atoms with Gasteiger partial charge in [0.05, 0.1) is 12.1 Å². The molecule has 9 heteroatoms. The number of carbonyl (C=O) groups is 1. The number of nitrogens with zero attached hydrogens (tertiary/aromatic N) is 1. The fourth-order valence-electron chi connectivity index (χ4n) is 2.97. The Morgan fingerprint density at radius 3 is 2.77 bits per heavy atom. The third kappa shape index (κ3) is 6.32. The summed E-state index contributed by atoms with van der Waals surface area (Å²) in [7, 11) is 0. The number of amides is 1. The number of hydrogen-bond acceptors (Lipinski definition) is 4. The summed E-state index contributed by atoms with van der Waals surface area (Å²) in [6.07, 6.45) is -1.23. The van der Waals surface area contributed by atoms with Crippen LogP contribution in [0.3, 0.4) is 0 Å². The van der Waals surface area contributed by atoms with Gasteiger partial charge in [-0.15, -0.1) is 0 Å². The van der Waals surface area contributed by atoms with E-state index in [1.165, 1.54) is 0 Å². The summed E-state index contributed by atoms with van der Waals surface area (Å²) >= 11 is 5.75. The van der Waals surface area contributed by atoms with Crippen LogP contribution in [0.25, 0.3) is 0 Å². The Labute approximate surface area is 155 Å². The number of nitrogens with one attached hydrogen (secondary N) is 2. The molecule has 0 spiro atoms. The molecule has 0 radical (unpaired) electrons. The number of halogens is 4. The number of alkyl halides is 3. The first kappa shape index (κ1) is 20.8. The molecule has 0 aliphatic carbocycles. The number of carbonyl (C=O) groups excluding carboxylic acids is 1. The van der Waals surface area contributed by atoms with Crippen molar-refractivity contribution in [2.45, 2.75) is 32.4 Å². The van der Waals surface area contributed by atoms with Crippen LogP contribution in [-0.4, -0.2) is 37.1 Å². The van der Waals surface area contributed by atoms with E-state index in [0.29, 0.717) is 24.5 Å². The minimum Gasteiger partial charge on any atom is -0.475 e. The zero-order chi connectivity index (χ0) is 19.2. The van der Waals surface area contributed by atoms with E-state index < -0.39 is 11.7 Å². The van der Waals surface area contributed by atoms with Crippen LogP contribution in [0.1, 0.15) is 31.7 Å². The van der Waals surface area contributed by atoms with Crippen molar-refractivity contribution in [3.8, 4) is 5.88 Å². The third-order valence-corrected chi connectivity index (χ3v) is 4.76. The van der Waals surface area contributed by atoms with E-state index in [2.05, 4.69) is 22.5 Å². The number of piperidine rings is 1. The van der Waals surface area contributed by atoms with E-state index >= 15 is 0 Å². The van der Waals surface area contributed by atoms with Gasteiger partial charge in [0, 0.05) is 12.6 Å². The smallest absolute Gasteiger partial charge is 0.417 e. The van der Waals surface area contributed by atoms with Crippen LogP contribution in [0.15, 0.2) is 12.3 Å². The molecular weight excluding hydrogens is 371 g/mol. The van der Waals surface area contributed by atoms with Crippen LogP contribution in [0, 0.1) is 11.8 Å². The van der Waals surface area contributed by atoms with E-state index in [-0.39, 0.29) is 30.0 Å². The minimum atomic E-state index is -4.51. The third-order valence-electron chi connectivity index (χ3n) is 4.49. The standard InChI is InChI=1S/C17H23ClF3N3O2/c1-11(12-2-4-22-5-3-12)8-15(25)23-6-7-26-16-14(18)9-13(10-24-16)17(19,20)21/h9-12,22H,2-8H2,1H3,(H,23,25). The second-order valence-electron chi connectivity index (χ2n) is 6.48. The highest BCUT2D eigenvalue weighted by atomic mass is 35.5. The zero-order valence-corrected chi connectivity index (χ0v) is 15.3. The van der Waals surface area contributed by atoms with E-state index in [1.54, 1.807) is 0 Å². The van der Waals surface area contributed by atoms with Gasteiger partial charge in [0.2, 0.25) is 11.8 Å². The van der Waals surface area contributed by atoms with E-state index in [1.807, 2.05) is 0 Å². The maximum atomic E-state index is 12.5. The highest BCUT2D eigenvalue weighted by molar-refractivity contribution is 6.31. The lowest BCUT2D eigenvalue weighted by molar-refractivity contribution is -0.137. The Balaban J connectivity index is 1.70. The van der Waals surface area contributed by atoms with Gasteiger partial charge in [-0.1, -0.05) is 18.5 Å². The predicted octanol–water partition coefficient (Wildman–Crippen LogP) is 3.27. The van der Waals surface area contributed by atoms with Gasteiger partial charge in [-0.05, 0) is 43.8 Å². The zero-order valence-electron chi connectivity index (χ0n) is 14.5. The van der Waals surface area contributed by atoms with Gasteiger partial charge >= 0.3 is 6.18 Å². The van der Waals surface area contributed by atoms with Crippen LogP contribution in [-0.2, 0) is 11.0 Å². The first-order valence-electron chi connectivity index (χ1n) is 8.60. The quantitative estimate of drug-likeness (QED) is 0.698. The minimum absolute atomic E-state index is 0.0638. The fraction of sp³-hybridized carbons (Fsp3) is 0.647. The van der Waals surface area contributed by atoms with E-state index in [9.17, 15) is 18.0 Å². The topological polar surface area (TPSA) is 63.2 Å². The molecule has 2 heterocycles. The summed E-state index contributed by atoms with van der Waals surface area (Å²) in [6, 6.07) is 0.767. The number of hydrogen-bond donors (Lipinski definition) is 2. The number of ether oxygens (including phenoxy) is 1. The normalized spacial score (nSPS) is 17.0. The lowest BCUT2D eigenvalue weighted by Gasteiger charge is -2.27. The van der Waals surface area contributed by atoms with Gasteiger partial charge in [-0.3, -0.25) is 4.79 Å². The van der Waals surface area contributed by atoms with Crippen molar-refractivity contribution in [1.29, 1.82) is 0 Å². The fourth-order valence-corrected chi connectivity index (χ4v) is 3.19. The molecule has 26 heavy (non-hydrogen) atoms. The molecule has 1 aliphatic rings. The lowest BCUT2D eigenvalue weighted by Crippen LogP contribution is -2.34. The average molecular weight is 394 g/mol. The van der Waals surface area contributed by atoms with Crippen molar-refractivity contribution in [1.82, 2.24) is 15.6 Å². The lowest BCUT2D eigenvalue weighted by atomic mass is 9.84. The molecular formula is C17H23ClF3N3O2. The first-order chi connectivity index (χ1) is 12.3. The second-order valence-corrected chi connectivity index (χ2v) is 6.88. The molecule has 146 valence electrons. The molecule has 1 aromatic rings. The molecule has 5 nitrogen and oxygen atoms in total. The Morgan fingerprint density at radius 2 is 2.15 bits per heavy atom. The molecule has 0 saturated carbocycles. The number of aromatic nitrogens is 1. The molecule has 1 amide bonds. The van der Waals surface area contributed by atoms with Crippen LogP contribution < -0.4 is 15.4 Å². The number of rotatable bonds is 7. The summed E-state index contributed by atoms with van der Waals surface area (Å²) in [5, 5.41) is 5.83. The monoisotopic (exact) mass is 393 g/mol. The Bertz CT molecular complexity index is 607. The molecule has 1 unspecified atom stereocenters. The van der Waals surface area contributed by atoms with Crippen LogP contribution >= 0.6 is 11.6 Å². The van der Waals surface area contributed by atoms with Crippen molar-refractivity contribution in [3.05, 3.63) is 22.8 Å². The molecule has 2 N–H and O–H groups in total. The summed E-state index contributed by atoms with van der Waals surface area (Å²) in [4.78, 5) is 15.6. The summed E-state index contributed by atoms with van der Waals surface area (Å²) in [5.41, 5.74) is -0.935. The maximum Gasteiger partial charge on any atom is 0.417 e. The maximum absolute atomic E-state index is 12.5. The van der Waals surface area contributed by atoms with Crippen LogP contribution in [0.4, 0.5) is 13.2 Å². The Hall–Kier alpha value is -1.54. The highest BCUT2D eigenvalue weighted by Crippen LogP contribution is 2.33. The molecule has 1 aromatic heterocycles. The highest BCUT2D eigenvalue weighted by Gasteiger charge is 2.31. The molecule has 1 fully saturated rings. The largest absolute Gasteiger partial charge is 0.475 e. The SMILES string of the molecule is CC(CC(=O)NCCOc1ncc(C(F)(F)F)cc1Cl)C1CCNCC1. The Kier molecular flexibility index (Phi) is 7.52. The average Bonchev–Trinajstić information content (AvgIpc) is 2.59. The van der Waals surface area contributed by atoms with Gasteiger partial charge in [-0.25, -0.2) is 4.98 Å². The van der Waals surface area contributed by atoms with Gasteiger partial charge in [0.1, 0.15) is 11.6 Å².